The van der Waals surface area contributed by atoms with Crippen molar-refractivity contribution in [3.63, 3.8) is 0 Å². The molecule has 1 unspecified atom stereocenters. The molecule has 2 rings (SSSR count). The Bertz CT molecular complexity index is 406. The van der Waals surface area contributed by atoms with E-state index < -0.39 is 0 Å². The average molecular weight is 264 g/mol. The van der Waals surface area contributed by atoms with Crippen LogP contribution in [0.4, 0.5) is 0 Å². The van der Waals surface area contributed by atoms with Crippen molar-refractivity contribution in [2.45, 2.75) is 38.6 Å². The Morgan fingerprint density at radius 1 is 1.47 bits per heavy atom. The molecule has 4 nitrogen and oxygen atoms in total. The normalized spacial score (nSPS) is 19.6. The number of rotatable bonds is 5. The van der Waals surface area contributed by atoms with Gasteiger partial charge >= 0.3 is 0 Å². The van der Waals surface area contributed by atoms with E-state index in [0.29, 0.717) is 6.54 Å². The molecule has 1 aromatic heterocycles. The third-order valence-corrected chi connectivity index (χ3v) is 4.21. The number of amides is 1. The van der Waals surface area contributed by atoms with Gasteiger partial charge in [0.05, 0.1) is 12.3 Å². The van der Waals surface area contributed by atoms with Crippen LogP contribution in [-0.2, 0) is 4.79 Å². The number of nitrogens with zero attached hydrogens (tertiary/aromatic N) is 1. The Morgan fingerprint density at radius 2 is 2.16 bits per heavy atom. The quantitative estimate of drug-likeness (QED) is 0.889. The van der Waals surface area contributed by atoms with Crippen LogP contribution in [0.1, 0.15) is 44.4 Å². The zero-order chi connectivity index (χ0) is 13.9. The van der Waals surface area contributed by atoms with Gasteiger partial charge in [0.15, 0.2) is 0 Å². The summed E-state index contributed by atoms with van der Waals surface area (Å²) in [5, 5.41) is 3.09. The Kier molecular flexibility index (Phi) is 4.30. The molecular weight excluding hydrogens is 240 g/mol. The molecule has 1 fully saturated rings. The van der Waals surface area contributed by atoms with Crippen LogP contribution in [0.5, 0.6) is 0 Å². The van der Waals surface area contributed by atoms with Crippen LogP contribution >= 0.6 is 0 Å². The maximum absolute atomic E-state index is 12.3. The summed E-state index contributed by atoms with van der Waals surface area (Å²) in [5.41, 5.74) is -0.167. The lowest BCUT2D eigenvalue weighted by molar-refractivity contribution is -0.130. The van der Waals surface area contributed by atoms with E-state index in [1.807, 2.05) is 26.2 Å². The molecule has 1 saturated carbocycles. The van der Waals surface area contributed by atoms with Gasteiger partial charge in [-0.25, -0.2) is 0 Å². The van der Waals surface area contributed by atoms with Crippen LogP contribution in [0.25, 0.3) is 0 Å². The minimum absolute atomic E-state index is 0.0870. The second kappa shape index (κ2) is 5.78. The van der Waals surface area contributed by atoms with Gasteiger partial charge in [0.1, 0.15) is 5.76 Å². The van der Waals surface area contributed by atoms with Crippen molar-refractivity contribution in [2.24, 2.45) is 5.41 Å². The van der Waals surface area contributed by atoms with Gasteiger partial charge in [-0.1, -0.05) is 19.8 Å². The Balaban J connectivity index is 1.94. The lowest BCUT2D eigenvalue weighted by Gasteiger charge is -2.26. The van der Waals surface area contributed by atoms with Crippen molar-refractivity contribution in [1.82, 2.24) is 10.2 Å². The molecule has 0 saturated heterocycles. The smallest absolute Gasteiger partial charge is 0.226 e. The second-order valence-corrected chi connectivity index (χ2v) is 5.97. The highest BCUT2D eigenvalue weighted by Gasteiger charge is 2.36. The van der Waals surface area contributed by atoms with Gasteiger partial charge in [0, 0.05) is 12.0 Å². The predicted octanol–water partition coefficient (Wildman–Crippen LogP) is 2.58. The fraction of sp³-hybridized carbons (Fsp3) is 0.667. The first kappa shape index (κ1) is 14.1. The van der Waals surface area contributed by atoms with Gasteiger partial charge in [-0.3, -0.25) is 9.69 Å². The standard InChI is InChI=1S/C15H24N2O2/c1-15(8-4-5-9-15)14(18)16-11-12(17(2)3)13-7-6-10-19-13/h6-7,10,12H,4-5,8-9,11H2,1-3H3,(H,16,18). The summed E-state index contributed by atoms with van der Waals surface area (Å²) in [7, 11) is 3.99. The summed E-state index contributed by atoms with van der Waals surface area (Å²) in [6, 6.07) is 3.92. The highest BCUT2D eigenvalue weighted by atomic mass is 16.3. The fourth-order valence-electron chi connectivity index (χ4n) is 2.80. The molecule has 1 N–H and O–H groups in total. The summed E-state index contributed by atoms with van der Waals surface area (Å²) >= 11 is 0. The molecule has 0 spiro atoms. The van der Waals surface area contributed by atoms with Crippen LogP contribution in [0.3, 0.4) is 0 Å². The highest BCUT2D eigenvalue weighted by Crippen LogP contribution is 2.37. The Hall–Kier alpha value is -1.29. The van der Waals surface area contributed by atoms with E-state index in [9.17, 15) is 4.79 Å². The number of furan rings is 1. The summed E-state index contributed by atoms with van der Waals surface area (Å²) in [6.07, 6.45) is 6.02. The first-order valence-electron chi connectivity index (χ1n) is 7.01. The molecule has 4 heteroatoms. The van der Waals surface area contributed by atoms with E-state index in [-0.39, 0.29) is 17.4 Å². The van der Waals surface area contributed by atoms with Gasteiger partial charge in [0.2, 0.25) is 5.91 Å². The van der Waals surface area contributed by atoms with Crippen molar-refractivity contribution in [2.75, 3.05) is 20.6 Å². The molecular formula is C15H24N2O2. The maximum Gasteiger partial charge on any atom is 0.226 e. The Labute approximate surface area is 115 Å². The van der Waals surface area contributed by atoms with E-state index in [0.717, 1.165) is 18.6 Å². The maximum atomic E-state index is 12.3. The van der Waals surface area contributed by atoms with Crippen molar-refractivity contribution in [3.8, 4) is 0 Å². The molecule has 0 aliphatic heterocycles. The van der Waals surface area contributed by atoms with Crippen LogP contribution in [-0.4, -0.2) is 31.4 Å². The molecule has 1 atom stereocenters. The molecule has 1 aliphatic rings. The molecule has 1 amide bonds. The number of nitrogens with one attached hydrogen (secondary N) is 1. The van der Waals surface area contributed by atoms with Crippen LogP contribution in [0.2, 0.25) is 0 Å². The van der Waals surface area contributed by atoms with E-state index in [2.05, 4.69) is 17.1 Å². The lowest BCUT2D eigenvalue weighted by Crippen LogP contribution is -2.41. The van der Waals surface area contributed by atoms with Gasteiger partial charge in [-0.15, -0.1) is 0 Å². The molecule has 0 aromatic carbocycles. The largest absolute Gasteiger partial charge is 0.468 e. The molecule has 1 heterocycles. The zero-order valence-corrected chi connectivity index (χ0v) is 12.1. The van der Waals surface area contributed by atoms with Crippen molar-refractivity contribution in [1.29, 1.82) is 0 Å². The molecule has 106 valence electrons. The fourth-order valence-corrected chi connectivity index (χ4v) is 2.80. The van der Waals surface area contributed by atoms with E-state index >= 15 is 0 Å². The Morgan fingerprint density at radius 3 is 2.68 bits per heavy atom. The SMILES string of the molecule is CN(C)C(CNC(=O)C1(C)CCCC1)c1ccco1. The lowest BCUT2D eigenvalue weighted by atomic mass is 9.88. The second-order valence-electron chi connectivity index (χ2n) is 5.97. The van der Waals surface area contributed by atoms with Gasteiger partial charge in [0.25, 0.3) is 0 Å². The molecule has 1 aliphatic carbocycles. The zero-order valence-electron chi connectivity index (χ0n) is 12.1. The minimum Gasteiger partial charge on any atom is -0.468 e. The third-order valence-electron chi connectivity index (χ3n) is 4.21. The number of likely N-dealkylation sites (N-methyl/N-ethyl adjacent to an activating group) is 1. The number of hydrogen-bond acceptors (Lipinski definition) is 3. The van der Waals surface area contributed by atoms with E-state index in [4.69, 9.17) is 4.42 Å². The summed E-state index contributed by atoms with van der Waals surface area (Å²) in [6.45, 7) is 2.67. The molecule has 0 bridgehead atoms. The summed E-state index contributed by atoms with van der Waals surface area (Å²) in [5.74, 6) is 1.07. The first-order valence-corrected chi connectivity index (χ1v) is 7.01. The highest BCUT2D eigenvalue weighted by molar-refractivity contribution is 5.82. The minimum atomic E-state index is -0.167. The van der Waals surface area contributed by atoms with Crippen molar-refractivity contribution >= 4 is 5.91 Å². The molecule has 1 aromatic rings. The average Bonchev–Trinajstić information content (AvgIpc) is 3.01. The van der Waals surface area contributed by atoms with E-state index in [1.165, 1.54) is 12.8 Å². The van der Waals surface area contributed by atoms with Crippen molar-refractivity contribution in [3.05, 3.63) is 24.2 Å². The third kappa shape index (κ3) is 3.18. The van der Waals surface area contributed by atoms with Crippen LogP contribution < -0.4 is 5.32 Å². The van der Waals surface area contributed by atoms with Gasteiger partial charge < -0.3 is 9.73 Å². The van der Waals surface area contributed by atoms with Gasteiger partial charge in [-0.05, 0) is 39.1 Å². The molecule has 19 heavy (non-hydrogen) atoms. The van der Waals surface area contributed by atoms with Gasteiger partial charge in [-0.2, -0.15) is 0 Å². The summed E-state index contributed by atoms with van der Waals surface area (Å²) in [4.78, 5) is 14.4. The van der Waals surface area contributed by atoms with Crippen LogP contribution in [0, 0.1) is 5.41 Å². The predicted molar refractivity (Wildman–Crippen MR) is 74.7 cm³/mol. The number of carbonyl (C=O) groups excluding carboxylic acids is 1. The van der Waals surface area contributed by atoms with Crippen LogP contribution in [0.15, 0.2) is 22.8 Å². The van der Waals surface area contributed by atoms with E-state index in [1.54, 1.807) is 6.26 Å². The topological polar surface area (TPSA) is 45.5 Å². The molecule has 0 radical (unpaired) electrons. The summed E-state index contributed by atoms with van der Waals surface area (Å²) < 4.78 is 5.45. The monoisotopic (exact) mass is 264 g/mol. The van der Waals surface area contributed by atoms with Crippen molar-refractivity contribution < 1.29 is 9.21 Å². The number of carbonyl (C=O) groups is 1. The number of hydrogen-bond donors (Lipinski definition) is 1. The first-order chi connectivity index (χ1) is 9.03.